The van der Waals surface area contributed by atoms with E-state index in [9.17, 15) is 18.0 Å². The highest BCUT2D eigenvalue weighted by molar-refractivity contribution is 5.69. The maximum Gasteiger partial charge on any atom is 0.416 e. The summed E-state index contributed by atoms with van der Waals surface area (Å²) in [5, 5.41) is 0. The van der Waals surface area contributed by atoms with Crippen LogP contribution in [0, 0.1) is 11.8 Å². The van der Waals surface area contributed by atoms with Gasteiger partial charge < -0.3 is 4.74 Å². The van der Waals surface area contributed by atoms with Gasteiger partial charge >= 0.3 is 12.1 Å². The Labute approximate surface area is 163 Å². The fourth-order valence-electron chi connectivity index (χ4n) is 4.22. The summed E-state index contributed by atoms with van der Waals surface area (Å²) < 4.78 is 43.6. The largest absolute Gasteiger partial charge is 0.469 e. The van der Waals surface area contributed by atoms with Gasteiger partial charge in [0.05, 0.1) is 12.7 Å². The van der Waals surface area contributed by atoms with E-state index in [-0.39, 0.29) is 23.8 Å². The first-order chi connectivity index (χ1) is 13.4. The highest BCUT2D eigenvalue weighted by Gasteiger charge is 2.37. The van der Waals surface area contributed by atoms with Crippen molar-refractivity contribution < 1.29 is 22.7 Å². The van der Waals surface area contributed by atoms with Crippen molar-refractivity contribution in [2.24, 2.45) is 11.8 Å². The number of hydrogen-bond donors (Lipinski definition) is 0. The highest BCUT2D eigenvalue weighted by atomic mass is 19.4. The van der Waals surface area contributed by atoms with Crippen molar-refractivity contribution in [1.29, 1.82) is 0 Å². The maximum atomic E-state index is 12.9. The SMILES string of the molecule is COC(=O)C[C@H]1CCN(Cc2ccccc2)[C@@H](C2C=CC(C(F)(F)F)=CC2)C1. The molecule has 1 heterocycles. The van der Waals surface area contributed by atoms with Crippen molar-refractivity contribution in [3.05, 3.63) is 59.7 Å². The number of rotatable bonds is 5. The lowest BCUT2D eigenvalue weighted by Gasteiger charge is -2.43. The molecule has 3 atom stereocenters. The third kappa shape index (κ3) is 5.25. The molecule has 0 amide bonds. The van der Waals surface area contributed by atoms with Gasteiger partial charge in [-0.15, -0.1) is 0 Å². The van der Waals surface area contributed by atoms with Crippen LogP contribution in [0.5, 0.6) is 0 Å². The Morgan fingerprint density at radius 3 is 2.61 bits per heavy atom. The highest BCUT2D eigenvalue weighted by Crippen LogP contribution is 2.37. The minimum atomic E-state index is -4.30. The summed E-state index contributed by atoms with van der Waals surface area (Å²) in [6.07, 6.45) is 2.31. The molecule has 0 saturated carbocycles. The van der Waals surface area contributed by atoms with Gasteiger partial charge in [-0.2, -0.15) is 13.2 Å². The van der Waals surface area contributed by atoms with Crippen LogP contribution < -0.4 is 0 Å². The van der Waals surface area contributed by atoms with E-state index in [4.69, 9.17) is 4.74 Å². The van der Waals surface area contributed by atoms with Gasteiger partial charge in [0.25, 0.3) is 0 Å². The molecule has 3 rings (SSSR count). The fourth-order valence-corrected chi connectivity index (χ4v) is 4.22. The van der Waals surface area contributed by atoms with Gasteiger partial charge in [0.15, 0.2) is 0 Å². The Bertz CT molecular complexity index is 727. The lowest BCUT2D eigenvalue weighted by molar-refractivity contribution is -0.142. The summed E-state index contributed by atoms with van der Waals surface area (Å²) in [6, 6.07) is 10.2. The van der Waals surface area contributed by atoms with Crippen LogP contribution in [0.15, 0.2) is 54.1 Å². The molecule has 1 aliphatic heterocycles. The summed E-state index contributed by atoms with van der Waals surface area (Å²) >= 11 is 0. The zero-order valence-electron chi connectivity index (χ0n) is 16.0. The molecular weight excluding hydrogens is 367 g/mol. The number of ether oxygens (including phenoxy) is 1. The molecule has 152 valence electrons. The first-order valence-electron chi connectivity index (χ1n) is 9.67. The quantitative estimate of drug-likeness (QED) is 0.667. The lowest BCUT2D eigenvalue weighted by Crippen LogP contribution is -2.46. The second kappa shape index (κ2) is 8.95. The number of alkyl halides is 3. The molecule has 0 spiro atoms. The molecule has 6 heteroatoms. The number of halogens is 3. The molecule has 1 aromatic carbocycles. The van der Waals surface area contributed by atoms with E-state index in [2.05, 4.69) is 17.0 Å². The first kappa shape index (κ1) is 20.6. The number of nitrogens with zero attached hydrogens (tertiary/aromatic N) is 1. The lowest BCUT2D eigenvalue weighted by atomic mass is 9.79. The van der Waals surface area contributed by atoms with E-state index in [1.54, 1.807) is 6.08 Å². The number of benzene rings is 1. The molecule has 1 aromatic rings. The van der Waals surface area contributed by atoms with Crippen molar-refractivity contribution in [3.63, 3.8) is 0 Å². The third-order valence-corrected chi connectivity index (χ3v) is 5.73. The third-order valence-electron chi connectivity index (χ3n) is 5.73. The number of hydrogen-bond acceptors (Lipinski definition) is 3. The van der Waals surface area contributed by atoms with Gasteiger partial charge in [-0.05, 0) is 43.2 Å². The average Bonchev–Trinajstić information content (AvgIpc) is 2.69. The van der Waals surface area contributed by atoms with Gasteiger partial charge in [0, 0.05) is 19.0 Å². The van der Waals surface area contributed by atoms with Crippen LogP contribution in [0.25, 0.3) is 0 Å². The topological polar surface area (TPSA) is 29.5 Å². The van der Waals surface area contributed by atoms with Gasteiger partial charge in [-0.25, -0.2) is 0 Å². The number of likely N-dealkylation sites (tertiary alicyclic amines) is 1. The van der Waals surface area contributed by atoms with Gasteiger partial charge in [0.2, 0.25) is 0 Å². The summed E-state index contributed by atoms with van der Waals surface area (Å²) in [5.74, 6) is -0.0141. The van der Waals surface area contributed by atoms with E-state index < -0.39 is 11.7 Å². The molecular formula is C22H26F3NO2. The maximum absolute atomic E-state index is 12.9. The molecule has 0 bridgehead atoms. The first-order valence-corrected chi connectivity index (χ1v) is 9.67. The molecule has 1 saturated heterocycles. The molecule has 0 aromatic heterocycles. The summed E-state index contributed by atoms with van der Waals surface area (Å²) in [6.45, 7) is 1.58. The predicted molar refractivity (Wildman–Crippen MR) is 101 cm³/mol. The van der Waals surface area contributed by atoms with Gasteiger partial charge in [-0.3, -0.25) is 9.69 Å². The fraction of sp³-hybridized carbons (Fsp3) is 0.500. The molecule has 2 aliphatic rings. The van der Waals surface area contributed by atoms with Crippen LogP contribution in [-0.4, -0.2) is 36.7 Å². The van der Waals surface area contributed by atoms with Crippen molar-refractivity contribution in [1.82, 2.24) is 4.90 Å². The normalized spacial score (nSPS) is 26.0. The number of carbonyl (C=O) groups excluding carboxylic acids is 1. The van der Waals surface area contributed by atoms with Crippen LogP contribution in [0.3, 0.4) is 0 Å². The van der Waals surface area contributed by atoms with Crippen LogP contribution >= 0.6 is 0 Å². The molecule has 1 unspecified atom stereocenters. The van der Waals surface area contributed by atoms with E-state index in [0.29, 0.717) is 12.8 Å². The monoisotopic (exact) mass is 393 g/mol. The Morgan fingerprint density at radius 1 is 1.25 bits per heavy atom. The van der Waals surface area contributed by atoms with E-state index in [1.165, 1.54) is 24.8 Å². The molecule has 0 N–H and O–H groups in total. The van der Waals surface area contributed by atoms with Crippen LogP contribution in [0.1, 0.15) is 31.2 Å². The van der Waals surface area contributed by atoms with Crippen molar-refractivity contribution in [2.45, 2.75) is 44.4 Å². The molecule has 3 nitrogen and oxygen atoms in total. The Hall–Kier alpha value is -2.08. The summed E-state index contributed by atoms with van der Waals surface area (Å²) in [4.78, 5) is 14.1. The number of methoxy groups -OCH3 is 1. The van der Waals surface area contributed by atoms with Crippen LogP contribution in [-0.2, 0) is 16.1 Å². The molecule has 1 fully saturated rings. The predicted octanol–water partition coefficient (Wildman–Crippen LogP) is 4.90. The second-order valence-corrected chi connectivity index (χ2v) is 7.61. The van der Waals surface area contributed by atoms with E-state index in [0.717, 1.165) is 25.9 Å². The molecule has 28 heavy (non-hydrogen) atoms. The van der Waals surface area contributed by atoms with E-state index >= 15 is 0 Å². The van der Waals surface area contributed by atoms with Crippen LogP contribution in [0.4, 0.5) is 13.2 Å². The minimum absolute atomic E-state index is 0.00950. The average molecular weight is 393 g/mol. The van der Waals surface area contributed by atoms with Crippen LogP contribution in [0.2, 0.25) is 0 Å². The summed E-state index contributed by atoms with van der Waals surface area (Å²) in [7, 11) is 1.39. The van der Waals surface area contributed by atoms with Gasteiger partial charge in [-0.1, -0.05) is 48.6 Å². The standard InChI is InChI=1S/C22H26F3NO2/c1-28-21(27)14-17-11-12-26(15-16-5-3-2-4-6-16)20(13-17)18-7-9-19(10-8-18)22(23,24)25/h2-7,9-10,17-18,20H,8,11-15H2,1H3/t17-,18?,20+/m0/s1. The zero-order valence-corrected chi connectivity index (χ0v) is 16.0. The van der Waals surface area contributed by atoms with Gasteiger partial charge in [0.1, 0.15) is 0 Å². The Kier molecular flexibility index (Phi) is 6.60. The Morgan fingerprint density at radius 2 is 2.00 bits per heavy atom. The number of carbonyl (C=O) groups is 1. The number of piperidine rings is 1. The zero-order chi connectivity index (χ0) is 20.1. The van der Waals surface area contributed by atoms with Crippen molar-refractivity contribution >= 4 is 5.97 Å². The minimum Gasteiger partial charge on any atom is -0.469 e. The number of esters is 1. The number of allylic oxidation sites excluding steroid dienone is 3. The molecule has 0 radical (unpaired) electrons. The second-order valence-electron chi connectivity index (χ2n) is 7.61. The summed E-state index contributed by atoms with van der Waals surface area (Å²) in [5.41, 5.74) is 0.616. The molecule has 1 aliphatic carbocycles. The van der Waals surface area contributed by atoms with Crippen molar-refractivity contribution in [3.8, 4) is 0 Å². The smallest absolute Gasteiger partial charge is 0.416 e. The Balaban J connectivity index is 1.74. The van der Waals surface area contributed by atoms with E-state index in [1.807, 2.05) is 18.2 Å². The van der Waals surface area contributed by atoms with Crippen molar-refractivity contribution in [2.75, 3.05) is 13.7 Å².